The van der Waals surface area contributed by atoms with Crippen LogP contribution >= 0.6 is 0 Å². The van der Waals surface area contributed by atoms with Crippen LogP contribution in [-0.2, 0) is 4.74 Å². The highest BCUT2D eigenvalue weighted by Gasteiger charge is 2.33. The Balaban J connectivity index is 2.20. The van der Waals surface area contributed by atoms with Gasteiger partial charge in [0, 0.05) is 24.5 Å². The van der Waals surface area contributed by atoms with Gasteiger partial charge < -0.3 is 20.5 Å². The van der Waals surface area contributed by atoms with E-state index in [4.69, 9.17) is 10.5 Å². The smallest absolute Gasteiger partial charge is 0.0988 e. The maximum Gasteiger partial charge on any atom is 0.0988 e. The van der Waals surface area contributed by atoms with Gasteiger partial charge in [-0.1, -0.05) is 6.07 Å². The van der Waals surface area contributed by atoms with E-state index in [9.17, 15) is 5.11 Å². The third kappa shape index (κ3) is 2.90. The van der Waals surface area contributed by atoms with Crippen LogP contribution in [0.4, 0.5) is 11.4 Å². The molecule has 1 fully saturated rings. The SMILES string of the molecule is CC1(C)CN(c2cccc(N)c2)CC(CO)O1. The first-order valence-corrected chi connectivity index (χ1v) is 5.89. The van der Waals surface area contributed by atoms with E-state index in [0.717, 1.165) is 17.9 Å². The summed E-state index contributed by atoms with van der Waals surface area (Å²) in [7, 11) is 0. The molecular formula is C13H20N2O2. The zero-order valence-electron chi connectivity index (χ0n) is 10.4. The molecule has 1 aromatic rings. The molecule has 3 N–H and O–H groups in total. The Morgan fingerprint density at radius 3 is 2.94 bits per heavy atom. The average molecular weight is 236 g/mol. The fourth-order valence-electron chi connectivity index (χ4n) is 2.31. The van der Waals surface area contributed by atoms with E-state index >= 15 is 0 Å². The summed E-state index contributed by atoms with van der Waals surface area (Å²) in [6.45, 7) is 5.61. The molecule has 2 rings (SSSR count). The average Bonchev–Trinajstić information content (AvgIpc) is 2.27. The van der Waals surface area contributed by atoms with Crippen molar-refractivity contribution < 1.29 is 9.84 Å². The molecule has 1 unspecified atom stereocenters. The molecule has 0 spiro atoms. The number of hydrogen-bond acceptors (Lipinski definition) is 4. The summed E-state index contributed by atoms with van der Waals surface area (Å²) >= 11 is 0. The molecule has 1 heterocycles. The van der Waals surface area contributed by atoms with Gasteiger partial charge in [-0.25, -0.2) is 0 Å². The maximum absolute atomic E-state index is 9.27. The maximum atomic E-state index is 9.27. The fraction of sp³-hybridized carbons (Fsp3) is 0.538. The molecule has 0 aromatic heterocycles. The van der Waals surface area contributed by atoms with Crippen LogP contribution in [0.2, 0.25) is 0 Å². The van der Waals surface area contributed by atoms with Crippen molar-refractivity contribution in [1.29, 1.82) is 0 Å². The van der Waals surface area contributed by atoms with E-state index in [2.05, 4.69) is 4.90 Å². The number of aliphatic hydroxyl groups excluding tert-OH is 1. The van der Waals surface area contributed by atoms with Gasteiger partial charge in [-0.3, -0.25) is 0 Å². The lowest BCUT2D eigenvalue weighted by molar-refractivity contribution is -0.101. The Morgan fingerprint density at radius 2 is 2.29 bits per heavy atom. The number of aliphatic hydroxyl groups is 1. The van der Waals surface area contributed by atoms with Gasteiger partial charge in [-0.15, -0.1) is 0 Å². The van der Waals surface area contributed by atoms with Crippen LogP contribution in [-0.4, -0.2) is 36.5 Å². The largest absolute Gasteiger partial charge is 0.399 e. The number of hydrogen-bond donors (Lipinski definition) is 2. The second-order valence-corrected chi connectivity index (χ2v) is 5.16. The number of nitrogens with zero attached hydrogens (tertiary/aromatic N) is 1. The molecule has 0 saturated carbocycles. The molecule has 0 aliphatic carbocycles. The highest BCUT2D eigenvalue weighted by atomic mass is 16.5. The number of ether oxygens (including phenoxy) is 1. The first kappa shape index (κ1) is 12.2. The van der Waals surface area contributed by atoms with Gasteiger partial charge in [0.2, 0.25) is 0 Å². The van der Waals surface area contributed by atoms with Crippen LogP contribution in [0.1, 0.15) is 13.8 Å². The van der Waals surface area contributed by atoms with Crippen LogP contribution in [0.15, 0.2) is 24.3 Å². The van der Waals surface area contributed by atoms with Crippen molar-refractivity contribution in [3.05, 3.63) is 24.3 Å². The van der Waals surface area contributed by atoms with E-state index in [1.54, 1.807) is 0 Å². The molecule has 1 aromatic carbocycles. The molecular weight excluding hydrogens is 216 g/mol. The molecule has 1 saturated heterocycles. The van der Waals surface area contributed by atoms with E-state index in [1.165, 1.54) is 0 Å². The minimum absolute atomic E-state index is 0.0439. The van der Waals surface area contributed by atoms with Crippen LogP contribution in [0, 0.1) is 0 Å². The molecule has 0 bridgehead atoms. The summed E-state index contributed by atoms with van der Waals surface area (Å²) in [6, 6.07) is 7.81. The molecule has 0 radical (unpaired) electrons. The number of nitrogens with two attached hydrogens (primary N) is 1. The minimum atomic E-state index is -0.254. The molecule has 17 heavy (non-hydrogen) atoms. The van der Waals surface area contributed by atoms with Crippen molar-refractivity contribution in [1.82, 2.24) is 0 Å². The molecule has 4 heteroatoms. The van der Waals surface area contributed by atoms with Crippen molar-refractivity contribution in [2.75, 3.05) is 30.3 Å². The third-order valence-electron chi connectivity index (χ3n) is 2.92. The number of nitrogen functional groups attached to an aromatic ring is 1. The molecule has 4 nitrogen and oxygen atoms in total. The molecule has 0 amide bonds. The normalized spacial score (nSPS) is 23.7. The zero-order chi connectivity index (χ0) is 12.5. The quantitative estimate of drug-likeness (QED) is 0.759. The topological polar surface area (TPSA) is 58.7 Å². The summed E-state index contributed by atoms with van der Waals surface area (Å²) in [5.74, 6) is 0. The second-order valence-electron chi connectivity index (χ2n) is 5.16. The van der Waals surface area contributed by atoms with Crippen LogP contribution < -0.4 is 10.6 Å². The van der Waals surface area contributed by atoms with E-state index in [1.807, 2.05) is 38.1 Å². The standard InChI is InChI=1S/C13H20N2O2/c1-13(2)9-15(7-12(8-16)17-13)11-5-3-4-10(14)6-11/h3-6,12,16H,7-9,14H2,1-2H3. The van der Waals surface area contributed by atoms with Gasteiger partial charge in [0.25, 0.3) is 0 Å². The predicted molar refractivity (Wildman–Crippen MR) is 69.1 cm³/mol. The molecule has 1 aliphatic rings. The second kappa shape index (κ2) is 4.55. The number of anilines is 2. The molecule has 1 aliphatic heterocycles. The Bertz CT molecular complexity index is 393. The summed E-state index contributed by atoms with van der Waals surface area (Å²) in [5, 5.41) is 9.27. The van der Waals surface area contributed by atoms with E-state index < -0.39 is 0 Å². The van der Waals surface area contributed by atoms with Crippen molar-refractivity contribution in [3.8, 4) is 0 Å². The van der Waals surface area contributed by atoms with Gasteiger partial charge in [0.05, 0.1) is 18.3 Å². The lowest BCUT2D eigenvalue weighted by Gasteiger charge is -2.43. The summed E-state index contributed by atoms with van der Waals surface area (Å²) in [4.78, 5) is 2.21. The molecule has 94 valence electrons. The number of benzene rings is 1. The monoisotopic (exact) mass is 236 g/mol. The predicted octanol–water partition coefficient (Wildman–Crippen LogP) is 1.24. The van der Waals surface area contributed by atoms with Crippen LogP contribution in [0.25, 0.3) is 0 Å². The van der Waals surface area contributed by atoms with Gasteiger partial charge in [0.15, 0.2) is 0 Å². The highest BCUT2D eigenvalue weighted by Crippen LogP contribution is 2.26. The van der Waals surface area contributed by atoms with Gasteiger partial charge in [-0.05, 0) is 32.0 Å². The summed E-state index contributed by atoms with van der Waals surface area (Å²) < 4.78 is 5.78. The first-order chi connectivity index (χ1) is 8.00. The molecule has 1 atom stereocenters. The van der Waals surface area contributed by atoms with Crippen LogP contribution in [0.3, 0.4) is 0 Å². The van der Waals surface area contributed by atoms with Gasteiger partial charge in [-0.2, -0.15) is 0 Å². The van der Waals surface area contributed by atoms with Crippen molar-refractivity contribution >= 4 is 11.4 Å². The zero-order valence-corrected chi connectivity index (χ0v) is 10.4. The van der Waals surface area contributed by atoms with Crippen molar-refractivity contribution in [3.63, 3.8) is 0 Å². The summed E-state index contributed by atoms with van der Waals surface area (Å²) in [5.41, 5.74) is 7.38. The first-order valence-electron chi connectivity index (χ1n) is 5.89. The number of rotatable bonds is 2. The van der Waals surface area contributed by atoms with Gasteiger partial charge >= 0.3 is 0 Å². The Kier molecular flexibility index (Phi) is 3.26. The summed E-state index contributed by atoms with van der Waals surface area (Å²) in [6.07, 6.45) is -0.139. The fourth-order valence-corrected chi connectivity index (χ4v) is 2.31. The Labute approximate surface area is 102 Å². The van der Waals surface area contributed by atoms with Crippen LogP contribution in [0.5, 0.6) is 0 Å². The Morgan fingerprint density at radius 1 is 1.53 bits per heavy atom. The van der Waals surface area contributed by atoms with E-state index in [0.29, 0.717) is 6.54 Å². The van der Waals surface area contributed by atoms with E-state index in [-0.39, 0.29) is 18.3 Å². The van der Waals surface area contributed by atoms with Gasteiger partial charge in [0.1, 0.15) is 0 Å². The minimum Gasteiger partial charge on any atom is -0.399 e. The highest BCUT2D eigenvalue weighted by molar-refractivity contribution is 5.56. The van der Waals surface area contributed by atoms with Crippen molar-refractivity contribution in [2.45, 2.75) is 25.6 Å². The lowest BCUT2D eigenvalue weighted by Crippen LogP contribution is -2.54. The van der Waals surface area contributed by atoms with Crippen molar-refractivity contribution in [2.24, 2.45) is 0 Å². The Hall–Kier alpha value is -1.26. The number of morpholine rings is 1. The lowest BCUT2D eigenvalue weighted by atomic mass is 10.0. The third-order valence-corrected chi connectivity index (χ3v) is 2.92.